The summed E-state index contributed by atoms with van der Waals surface area (Å²) < 4.78 is 11.5. The quantitative estimate of drug-likeness (QED) is 0.474. The van der Waals surface area contributed by atoms with Gasteiger partial charge in [0.05, 0.1) is 6.61 Å². The topological polar surface area (TPSA) is 95.1 Å². The van der Waals surface area contributed by atoms with Gasteiger partial charge in [-0.2, -0.15) is 10.5 Å². The zero-order chi connectivity index (χ0) is 21.4. The summed E-state index contributed by atoms with van der Waals surface area (Å²) in [6.45, 7) is 5.91. The Kier molecular flexibility index (Phi) is 7.82. The van der Waals surface area contributed by atoms with Crippen molar-refractivity contribution in [3.63, 3.8) is 0 Å². The number of carbonyl (C=O) groups is 1. The summed E-state index contributed by atoms with van der Waals surface area (Å²) in [6.07, 6.45) is 1.47. The van der Waals surface area contributed by atoms with Gasteiger partial charge >= 0.3 is 0 Å². The molecule has 2 rings (SSSR count). The lowest BCUT2D eigenvalue weighted by molar-refractivity contribution is -0.112. The van der Waals surface area contributed by atoms with Crippen LogP contribution in [0.2, 0.25) is 0 Å². The van der Waals surface area contributed by atoms with Crippen molar-refractivity contribution in [3.8, 4) is 23.6 Å². The molecule has 0 aliphatic rings. The largest absolute Gasteiger partial charge is 0.490 e. The number of halogens is 1. The lowest BCUT2D eigenvalue weighted by Crippen LogP contribution is -2.14. The van der Waals surface area contributed by atoms with E-state index in [4.69, 9.17) is 14.7 Å². The second kappa shape index (κ2) is 10.3. The number of carbonyl (C=O) groups excluding carboxylic acids is 1. The van der Waals surface area contributed by atoms with Crippen LogP contribution in [0.5, 0.6) is 11.5 Å². The number of anilines is 1. The van der Waals surface area contributed by atoms with Crippen molar-refractivity contribution in [2.24, 2.45) is 0 Å². The first-order chi connectivity index (χ1) is 13.9. The molecule has 0 atom stereocenters. The molecule has 148 valence electrons. The van der Waals surface area contributed by atoms with Gasteiger partial charge in [0.1, 0.15) is 17.7 Å². The molecule has 0 saturated heterocycles. The molecule has 0 aromatic heterocycles. The van der Waals surface area contributed by atoms with Gasteiger partial charge in [-0.15, -0.1) is 0 Å². The van der Waals surface area contributed by atoms with Gasteiger partial charge in [-0.05, 0) is 61.7 Å². The molecule has 0 saturated carbocycles. The third kappa shape index (κ3) is 5.84. The van der Waals surface area contributed by atoms with E-state index in [9.17, 15) is 10.1 Å². The Morgan fingerprint density at radius 1 is 1.17 bits per heavy atom. The number of aryl methyl sites for hydroxylation is 2. The molecule has 1 amide bonds. The van der Waals surface area contributed by atoms with E-state index in [0.717, 1.165) is 11.1 Å². The lowest BCUT2D eigenvalue weighted by atomic mass is 10.1. The van der Waals surface area contributed by atoms with Crippen LogP contribution in [-0.2, 0) is 4.79 Å². The molecule has 2 aromatic carbocycles. The minimum Gasteiger partial charge on any atom is -0.490 e. The number of nitrogens with zero attached hydrogens (tertiary/aromatic N) is 2. The van der Waals surface area contributed by atoms with Gasteiger partial charge in [0.25, 0.3) is 5.91 Å². The third-order valence-corrected chi connectivity index (χ3v) is 4.65. The smallest absolute Gasteiger partial charge is 0.266 e. The minimum absolute atomic E-state index is 0.0558. The fourth-order valence-electron chi connectivity index (χ4n) is 2.52. The van der Waals surface area contributed by atoms with Crippen molar-refractivity contribution in [1.82, 2.24) is 0 Å². The van der Waals surface area contributed by atoms with E-state index in [1.165, 1.54) is 6.08 Å². The van der Waals surface area contributed by atoms with Gasteiger partial charge in [0.2, 0.25) is 0 Å². The summed E-state index contributed by atoms with van der Waals surface area (Å²) in [5.74, 6) is 0.316. The van der Waals surface area contributed by atoms with Crippen LogP contribution in [0, 0.1) is 36.5 Å². The average molecular weight is 454 g/mol. The highest BCUT2D eigenvalue weighted by Gasteiger charge is 2.15. The Morgan fingerprint density at radius 2 is 1.90 bits per heavy atom. The Balaban J connectivity index is 2.37. The highest BCUT2D eigenvalue weighted by Crippen LogP contribution is 2.35. The predicted molar refractivity (Wildman–Crippen MR) is 115 cm³/mol. The van der Waals surface area contributed by atoms with Crippen molar-refractivity contribution in [2.45, 2.75) is 20.8 Å². The molecule has 0 bridgehead atoms. The SMILES string of the molecule is CCOc1cc(/C=C(\C#N)C(=O)Nc2cc(C)ccc2C)c(Br)cc1OCC#N. The van der Waals surface area contributed by atoms with Gasteiger partial charge in [-0.3, -0.25) is 4.79 Å². The van der Waals surface area contributed by atoms with Gasteiger partial charge in [0, 0.05) is 10.2 Å². The lowest BCUT2D eigenvalue weighted by Gasteiger charge is -2.13. The van der Waals surface area contributed by atoms with Gasteiger partial charge < -0.3 is 14.8 Å². The summed E-state index contributed by atoms with van der Waals surface area (Å²) in [5.41, 5.74) is 3.08. The monoisotopic (exact) mass is 453 g/mol. The molecule has 7 heteroatoms. The van der Waals surface area contributed by atoms with E-state index in [2.05, 4.69) is 21.2 Å². The second-order valence-electron chi connectivity index (χ2n) is 6.14. The number of nitrogens with one attached hydrogen (secondary N) is 1. The highest BCUT2D eigenvalue weighted by atomic mass is 79.9. The van der Waals surface area contributed by atoms with Crippen molar-refractivity contribution >= 4 is 33.6 Å². The number of amides is 1. The molecule has 1 N–H and O–H groups in total. The Morgan fingerprint density at radius 3 is 2.55 bits per heavy atom. The molecule has 29 heavy (non-hydrogen) atoms. The van der Waals surface area contributed by atoms with Crippen molar-refractivity contribution in [3.05, 3.63) is 57.1 Å². The van der Waals surface area contributed by atoms with Crippen molar-refractivity contribution < 1.29 is 14.3 Å². The fourth-order valence-corrected chi connectivity index (χ4v) is 2.95. The third-order valence-electron chi connectivity index (χ3n) is 3.96. The van der Waals surface area contributed by atoms with E-state index >= 15 is 0 Å². The number of ether oxygens (including phenoxy) is 2. The Bertz CT molecular complexity index is 1030. The predicted octanol–water partition coefficient (Wildman–Crippen LogP) is 4.91. The van der Waals surface area contributed by atoms with E-state index < -0.39 is 5.91 Å². The van der Waals surface area contributed by atoms with Crippen LogP contribution in [0.25, 0.3) is 6.08 Å². The first-order valence-electron chi connectivity index (χ1n) is 8.86. The summed E-state index contributed by atoms with van der Waals surface area (Å²) >= 11 is 3.41. The van der Waals surface area contributed by atoms with Gasteiger partial charge in [0.15, 0.2) is 18.1 Å². The summed E-state index contributed by atoms with van der Waals surface area (Å²) in [6, 6.07) is 12.9. The van der Waals surface area contributed by atoms with E-state index in [-0.39, 0.29) is 12.2 Å². The van der Waals surface area contributed by atoms with Crippen LogP contribution < -0.4 is 14.8 Å². The first kappa shape index (κ1) is 22.0. The number of rotatable bonds is 7. The van der Waals surface area contributed by atoms with Crippen LogP contribution >= 0.6 is 15.9 Å². The molecular weight excluding hydrogens is 434 g/mol. The summed E-state index contributed by atoms with van der Waals surface area (Å²) in [4.78, 5) is 12.6. The zero-order valence-corrected chi connectivity index (χ0v) is 18.0. The molecule has 0 aliphatic heterocycles. The summed E-state index contributed by atoms with van der Waals surface area (Å²) in [7, 11) is 0. The minimum atomic E-state index is -0.504. The Labute approximate surface area is 178 Å². The van der Waals surface area contributed by atoms with Gasteiger partial charge in [-0.1, -0.05) is 28.1 Å². The molecule has 0 aliphatic carbocycles. The zero-order valence-electron chi connectivity index (χ0n) is 16.4. The van der Waals surface area contributed by atoms with Crippen LogP contribution in [0.3, 0.4) is 0 Å². The van der Waals surface area contributed by atoms with Crippen LogP contribution in [0.4, 0.5) is 5.69 Å². The molecule has 0 radical (unpaired) electrons. The number of nitriles is 2. The fraction of sp³-hybridized carbons (Fsp3) is 0.227. The van der Waals surface area contributed by atoms with Crippen LogP contribution in [0.15, 0.2) is 40.4 Å². The normalized spacial score (nSPS) is 10.6. The number of hydrogen-bond acceptors (Lipinski definition) is 5. The maximum Gasteiger partial charge on any atom is 0.266 e. The van der Waals surface area contributed by atoms with E-state index in [0.29, 0.717) is 33.8 Å². The number of benzene rings is 2. The molecule has 0 fully saturated rings. The maximum atomic E-state index is 12.6. The molecule has 6 nitrogen and oxygen atoms in total. The molecule has 0 spiro atoms. The maximum absolute atomic E-state index is 12.6. The van der Waals surface area contributed by atoms with Gasteiger partial charge in [-0.25, -0.2) is 0 Å². The van der Waals surface area contributed by atoms with Crippen LogP contribution in [-0.4, -0.2) is 19.1 Å². The first-order valence-corrected chi connectivity index (χ1v) is 9.65. The highest BCUT2D eigenvalue weighted by molar-refractivity contribution is 9.10. The molecule has 2 aromatic rings. The second-order valence-corrected chi connectivity index (χ2v) is 7.00. The summed E-state index contributed by atoms with van der Waals surface area (Å²) in [5, 5.41) is 21.0. The van der Waals surface area contributed by atoms with Crippen molar-refractivity contribution in [2.75, 3.05) is 18.5 Å². The van der Waals surface area contributed by atoms with Crippen LogP contribution in [0.1, 0.15) is 23.6 Å². The standard InChI is InChI=1S/C22H20BrN3O3/c1-4-28-20-11-16(18(23)12-21(20)29-8-7-24)10-17(13-25)22(27)26-19-9-14(2)5-6-15(19)3/h5-6,9-12H,4,8H2,1-3H3,(H,26,27)/b17-10+. The molecule has 0 unspecified atom stereocenters. The average Bonchev–Trinajstić information content (AvgIpc) is 2.69. The molecule has 0 heterocycles. The molecular formula is C22H20BrN3O3. The van der Waals surface area contributed by atoms with E-state index in [1.807, 2.05) is 51.1 Å². The van der Waals surface area contributed by atoms with E-state index in [1.54, 1.807) is 12.1 Å². The Hall–Kier alpha value is -3.29. The van der Waals surface area contributed by atoms with Crippen molar-refractivity contribution in [1.29, 1.82) is 10.5 Å². The number of hydrogen-bond donors (Lipinski definition) is 1.